The average molecular weight is 374 g/mol. The average Bonchev–Trinajstić information content (AvgIpc) is 2.97. The van der Waals surface area contributed by atoms with Gasteiger partial charge < -0.3 is 5.32 Å². The maximum atomic E-state index is 12.8. The molecule has 3 aromatic rings. The van der Waals surface area contributed by atoms with Crippen LogP contribution in [-0.2, 0) is 6.18 Å². The zero-order valence-corrected chi connectivity index (χ0v) is 13.2. The van der Waals surface area contributed by atoms with E-state index >= 15 is 0 Å². The molecule has 5 nitrogen and oxygen atoms in total. The number of halogens is 4. The molecule has 0 unspecified atom stereocenters. The molecule has 0 aliphatic heterocycles. The zero-order chi connectivity index (χ0) is 17.5. The van der Waals surface area contributed by atoms with E-state index in [1.54, 1.807) is 5.38 Å². The molecule has 0 saturated heterocycles. The second-order valence-electron chi connectivity index (χ2n) is 4.68. The number of carbonyl (C=O) groups excluding carboxylic acids is 1. The molecular formula is C14H7ClF3N3O2S. The summed E-state index contributed by atoms with van der Waals surface area (Å²) in [5.41, 5.74) is -2.10. The number of amides is 1. The molecule has 1 aromatic carbocycles. The first-order valence-electron chi connectivity index (χ1n) is 6.40. The molecule has 124 valence electrons. The number of benzene rings is 1. The van der Waals surface area contributed by atoms with Crippen molar-refractivity contribution in [1.29, 1.82) is 0 Å². The highest BCUT2D eigenvalue weighted by atomic mass is 35.5. The van der Waals surface area contributed by atoms with E-state index in [2.05, 4.69) is 10.3 Å². The Kier molecular flexibility index (Phi) is 4.06. The summed E-state index contributed by atoms with van der Waals surface area (Å²) in [4.78, 5) is 28.7. The molecule has 0 fully saturated rings. The predicted molar refractivity (Wildman–Crippen MR) is 83.7 cm³/mol. The van der Waals surface area contributed by atoms with Gasteiger partial charge in [-0.1, -0.05) is 11.6 Å². The quantitative estimate of drug-likeness (QED) is 0.745. The molecule has 10 heteroatoms. The van der Waals surface area contributed by atoms with E-state index in [9.17, 15) is 22.8 Å². The van der Waals surface area contributed by atoms with Crippen molar-refractivity contribution in [2.75, 3.05) is 5.32 Å². The standard InChI is InChI=1S/C14H7ClF3N3O2S/c15-10-2-1-7(5-9(10)14(16,17)18)20-11(22)8-6-19-13-21(12(8)23)3-4-24-13/h1-6H,(H,20,22). The van der Waals surface area contributed by atoms with Crippen molar-refractivity contribution in [3.05, 3.63) is 62.5 Å². The third-order valence-corrected chi connectivity index (χ3v) is 4.22. The molecule has 2 aromatic heterocycles. The van der Waals surface area contributed by atoms with Crippen molar-refractivity contribution in [2.45, 2.75) is 6.18 Å². The predicted octanol–water partition coefficient (Wildman–Crippen LogP) is 3.68. The van der Waals surface area contributed by atoms with Crippen LogP contribution in [0.5, 0.6) is 0 Å². The first-order valence-corrected chi connectivity index (χ1v) is 7.66. The number of aromatic nitrogens is 2. The minimum Gasteiger partial charge on any atom is -0.322 e. The lowest BCUT2D eigenvalue weighted by Crippen LogP contribution is -2.26. The fraction of sp³-hybridized carbons (Fsp3) is 0.0714. The minimum atomic E-state index is -4.66. The van der Waals surface area contributed by atoms with Crippen molar-refractivity contribution < 1.29 is 18.0 Å². The molecule has 0 aliphatic carbocycles. The molecule has 0 radical (unpaired) electrons. The SMILES string of the molecule is O=C(Nc1ccc(Cl)c(C(F)(F)F)c1)c1cnc2sccn2c1=O. The lowest BCUT2D eigenvalue weighted by molar-refractivity contribution is -0.137. The summed E-state index contributed by atoms with van der Waals surface area (Å²) in [6.45, 7) is 0. The number of hydrogen-bond donors (Lipinski definition) is 1. The lowest BCUT2D eigenvalue weighted by Gasteiger charge is -2.11. The van der Waals surface area contributed by atoms with E-state index < -0.39 is 28.2 Å². The van der Waals surface area contributed by atoms with E-state index in [0.29, 0.717) is 11.0 Å². The second kappa shape index (κ2) is 5.91. The number of hydrogen-bond acceptors (Lipinski definition) is 4. The van der Waals surface area contributed by atoms with Crippen LogP contribution in [0.3, 0.4) is 0 Å². The Labute approximate surface area is 141 Å². The van der Waals surface area contributed by atoms with Gasteiger partial charge in [-0.3, -0.25) is 14.0 Å². The van der Waals surface area contributed by atoms with Gasteiger partial charge in [-0.25, -0.2) is 4.98 Å². The van der Waals surface area contributed by atoms with Crippen LogP contribution >= 0.6 is 22.9 Å². The van der Waals surface area contributed by atoms with Gasteiger partial charge in [-0.2, -0.15) is 13.2 Å². The zero-order valence-electron chi connectivity index (χ0n) is 11.6. The Balaban J connectivity index is 1.94. The fourth-order valence-electron chi connectivity index (χ4n) is 2.00. The molecule has 0 saturated carbocycles. The van der Waals surface area contributed by atoms with Crippen LogP contribution in [0.1, 0.15) is 15.9 Å². The Morgan fingerprint density at radius 2 is 2.08 bits per heavy atom. The molecule has 0 bridgehead atoms. The third-order valence-electron chi connectivity index (χ3n) is 3.12. The Hall–Kier alpha value is -2.39. The number of nitrogens with one attached hydrogen (secondary N) is 1. The van der Waals surface area contributed by atoms with Crippen LogP contribution in [0.4, 0.5) is 18.9 Å². The number of anilines is 1. The minimum absolute atomic E-state index is 0.133. The number of alkyl halides is 3. The van der Waals surface area contributed by atoms with Crippen LogP contribution in [-0.4, -0.2) is 15.3 Å². The maximum absolute atomic E-state index is 12.8. The van der Waals surface area contributed by atoms with Gasteiger partial charge >= 0.3 is 6.18 Å². The molecule has 1 amide bonds. The van der Waals surface area contributed by atoms with Crippen LogP contribution in [0.25, 0.3) is 4.96 Å². The van der Waals surface area contributed by atoms with Gasteiger partial charge in [0, 0.05) is 23.5 Å². The fourth-order valence-corrected chi connectivity index (χ4v) is 2.90. The van der Waals surface area contributed by atoms with E-state index in [1.165, 1.54) is 28.0 Å². The Bertz CT molecular complexity index is 997. The van der Waals surface area contributed by atoms with Gasteiger partial charge in [0.15, 0.2) is 4.96 Å². The van der Waals surface area contributed by atoms with Crippen molar-refractivity contribution in [3.8, 4) is 0 Å². The summed E-state index contributed by atoms with van der Waals surface area (Å²) in [5.74, 6) is -0.858. The number of thiazole rings is 1. The third kappa shape index (κ3) is 3.00. The van der Waals surface area contributed by atoms with Crippen LogP contribution in [0, 0.1) is 0 Å². The van der Waals surface area contributed by atoms with Crippen LogP contribution in [0.2, 0.25) is 5.02 Å². The summed E-state index contributed by atoms with van der Waals surface area (Å²) >= 11 is 6.73. The van der Waals surface area contributed by atoms with Crippen molar-refractivity contribution in [1.82, 2.24) is 9.38 Å². The molecule has 2 heterocycles. The van der Waals surface area contributed by atoms with Crippen molar-refractivity contribution >= 4 is 39.5 Å². The van der Waals surface area contributed by atoms with Gasteiger partial charge in [0.2, 0.25) is 0 Å². The Morgan fingerprint density at radius 1 is 1.33 bits per heavy atom. The molecular weight excluding hydrogens is 367 g/mol. The highest BCUT2D eigenvalue weighted by molar-refractivity contribution is 7.15. The van der Waals surface area contributed by atoms with E-state index in [1.807, 2.05) is 0 Å². The highest BCUT2D eigenvalue weighted by Gasteiger charge is 2.33. The number of carbonyl (C=O) groups is 1. The molecule has 0 spiro atoms. The molecule has 0 aliphatic rings. The van der Waals surface area contributed by atoms with Crippen molar-refractivity contribution in [3.63, 3.8) is 0 Å². The van der Waals surface area contributed by atoms with Gasteiger partial charge in [0.05, 0.1) is 10.6 Å². The highest BCUT2D eigenvalue weighted by Crippen LogP contribution is 2.36. The first-order chi connectivity index (χ1) is 11.3. The monoisotopic (exact) mass is 373 g/mol. The van der Waals surface area contributed by atoms with E-state index in [4.69, 9.17) is 11.6 Å². The molecule has 24 heavy (non-hydrogen) atoms. The summed E-state index contributed by atoms with van der Waals surface area (Å²) < 4.78 is 39.7. The summed E-state index contributed by atoms with van der Waals surface area (Å²) in [6.07, 6.45) is -2.12. The van der Waals surface area contributed by atoms with Crippen LogP contribution < -0.4 is 10.9 Å². The number of fused-ring (bicyclic) bond motifs is 1. The smallest absolute Gasteiger partial charge is 0.322 e. The van der Waals surface area contributed by atoms with Gasteiger partial charge in [-0.15, -0.1) is 11.3 Å². The molecule has 0 atom stereocenters. The maximum Gasteiger partial charge on any atom is 0.417 e. The summed E-state index contributed by atoms with van der Waals surface area (Å²) in [7, 11) is 0. The largest absolute Gasteiger partial charge is 0.417 e. The van der Waals surface area contributed by atoms with E-state index in [-0.39, 0.29) is 11.3 Å². The molecule has 3 rings (SSSR count). The first kappa shape index (κ1) is 16.5. The van der Waals surface area contributed by atoms with Gasteiger partial charge in [-0.05, 0) is 18.2 Å². The second-order valence-corrected chi connectivity index (χ2v) is 5.96. The van der Waals surface area contributed by atoms with Crippen molar-refractivity contribution in [2.24, 2.45) is 0 Å². The topological polar surface area (TPSA) is 63.5 Å². The van der Waals surface area contributed by atoms with Gasteiger partial charge in [0.25, 0.3) is 11.5 Å². The summed E-state index contributed by atoms with van der Waals surface area (Å²) in [6, 6.07) is 2.94. The number of nitrogens with zero attached hydrogens (tertiary/aromatic N) is 2. The van der Waals surface area contributed by atoms with E-state index in [0.717, 1.165) is 12.3 Å². The van der Waals surface area contributed by atoms with Gasteiger partial charge in [0.1, 0.15) is 5.56 Å². The molecule has 1 N–H and O–H groups in total. The summed E-state index contributed by atoms with van der Waals surface area (Å²) in [5, 5.41) is 3.39. The number of rotatable bonds is 2. The normalized spacial score (nSPS) is 11.7. The lowest BCUT2D eigenvalue weighted by atomic mass is 10.2. The Morgan fingerprint density at radius 3 is 2.79 bits per heavy atom. The van der Waals surface area contributed by atoms with Crippen LogP contribution in [0.15, 0.2) is 40.8 Å².